The first-order valence-corrected chi connectivity index (χ1v) is 10.3. The van der Waals surface area contributed by atoms with Crippen LogP contribution in [0.25, 0.3) is 0 Å². The van der Waals surface area contributed by atoms with Gasteiger partial charge in [0.15, 0.2) is 0 Å². The molecule has 0 aliphatic heterocycles. The lowest BCUT2D eigenvalue weighted by Crippen LogP contribution is -2.37. The summed E-state index contributed by atoms with van der Waals surface area (Å²) in [4.78, 5) is 15.2. The van der Waals surface area contributed by atoms with Crippen molar-refractivity contribution in [3.8, 4) is 0 Å². The van der Waals surface area contributed by atoms with Crippen LogP contribution >= 0.6 is 11.6 Å². The summed E-state index contributed by atoms with van der Waals surface area (Å²) in [6.45, 7) is 6.78. The number of nitrogens with zero attached hydrogens (tertiary/aromatic N) is 1. The first kappa shape index (κ1) is 19.9. The number of carbonyl (C=O) groups is 1. The van der Waals surface area contributed by atoms with E-state index in [1.54, 1.807) is 0 Å². The Morgan fingerprint density at radius 2 is 1.74 bits per heavy atom. The van der Waals surface area contributed by atoms with E-state index in [1.165, 1.54) is 11.1 Å². The summed E-state index contributed by atoms with van der Waals surface area (Å²) in [6, 6.07) is 14.8. The number of aryl methyl sites for hydroxylation is 2. The molecule has 0 radical (unpaired) electrons. The number of hydrogen-bond acceptors (Lipinski definition) is 2. The highest BCUT2D eigenvalue weighted by atomic mass is 35.5. The van der Waals surface area contributed by atoms with Crippen molar-refractivity contribution in [1.82, 2.24) is 4.90 Å². The van der Waals surface area contributed by atoms with Gasteiger partial charge in [0.25, 0.3) is 0 Å². The second kappa shape index (κ2) is 8.90. The van der Waals surface area contributed by atoms with Crippen molar-refractivity contribution in [2.75, 3.05) is 11.9 Å². The summed E-state index contributed by atoms with van der Waals surface area (Å²) < 4.78 is 0. The van der Waals surface area contributed by atoms with Gasteiger partial charge >= 0.3 is 0 Å². The summed E-state index contributed by atoms with van der Waals surface area (Å²) in [5.74, 6) is 0.0522. The van der Waals surface area contributed by atoms with E-state index in [9.17, 15) is 4.79 Å². The molecule has 0 saturated heterocycles. The van der Waals surface area contributed by atoms with Crippen LogP contribution in [0.5, 0.6) is 0 Å². The van der Waals surface area contributed by atoms with Crippen LogP contribution in [0.3, 0.4) is 0 Å². The molecule has 144 valence electrons. The minimum atomic E-state index is 0.0522. The van der Waals surface area contributed by atoms with Gasteiger partial charge in [-0.25, -0.2) is 0 Å². The van der Waals surface area contributed by atoms with Gasteiger partial charge in [-0.2, -0.15) is 0 Å². The fraction of sp³-hybridized carbons (Fsp3) is 0.435. The zero-order chi connectivity index (χ0) is 19.4. The molecule has 1 atom stereocenters. The molecule has 27 heavy (non-hydrogen) atoms. The number of benzene rings is 2. The third-order valence-corrected chi connectivity index (χ3v) is 5.80. The Morgan fingerprint density at radius 1 is 1.11 bits per heavy atom. The standard InChI is InChI=1S/C23H29ClN2O/c1-4-17-9-8-10-18(5-2)23(17)25-22(27)15-26(19-13-14-19)16(3)20-11-6-7-12-21(20)24/h6-12,16,19H,4-5,13-15H2,1-3H3,(H,25,27). The summed E-state index contributed by atoms with van der Waals surface area (Å²) in [5.41, 5.74) is 4.47. The highest BCUT2D eigenvalue weighted by molar-refractivity contribution is 6.31. The van der Waals surface area contributed by atoms with Crippen LogP contribution in [0.2, 0.25) is 5.02 Å². The summed E-state index contributed by atoms with van der Waals surface area (Å²) in [7, 11) is 0. The molecule has 1 N–H and O–H groups in total. The number of anilines is 1. The van der Waals surface area contributed by atoms with Crippen molar-refractivity contribution in [3.05, 3.63) is 64.2 Å². The average Bonchev–Trinajstić information content (AvgIpc) is 3.51. The zero-order valence-electron chi connectivity index (χ0n) is 16.5. The number of carbonyl (C=O) groups excluding carboxylic acids is 1. The van der Waals surface area contributed by atoms with Crippen LogP contribution in [0.4, 0.5) is 5.69 Å². The Morgan fingerprint density at radius 3 is 2.30 bits per heavy atom. The fourth-order valence-electron chi connectivity index (χ4n) is 3.73. The molecule has 0 aromatic heterocycles. The van der Waals surface area contributed by atoms with Gasteiger partial charge in [-0.1, -0.05) is 61.8 Å². The van der Waals surface area contributed by atoms with E-state index in [0.717, 1.165) is 42.0 Å². The predicted octanol–water partition coefficient (Wildman–Crippen LogP) is 5.63. The van der Waals surface area contributed by atoms with Gasteiger partial charge in [-0.3, -0.25) is 9.69 Å². The quantitative estimate of drug-likeness (QED) is 0.639. The van der Waals surface area contributed by atoms with Gasteiger partial charge < -0.3 is 5.32 Å². The molecule has 1 saturated carbocycles. The average molecular weight is 385 g/mol. The highest BCUT2D eigenvalue weighted by Crippen LogP contribution is 2.36. The van der Waals surface area contributed by atoms with Crippen LogP contribution < -0.4 is 5.32 Å². The maximum atomic E-state index is 12.9. The lowest BCUT2D eigenvalue weighted by molar-refractivity contribution is -0.118. The maximum absolute atomic E-state index is 12.9. The van der Waals surface area contributed by atoms with Crippen LogP contribution in [0.15, 0.2) is 42.5 Å². The van der Waals surface area contributed by atoms with Gasteiger partial charge in [-0.05, 0) is 55.4 Å². The van der Waals surface area contributed by atoms with E-state index in [2.05, 4.69) is 55.3 Å². The van der Waals surface area contributed by atoms with Crippen molar-refractivity contribution in [2.24, 2.45) is 0 Å². The highest BCUT2D eigenvalue weighted by Gasteiger charge is 2.34. The topological polar surface area (TPSA) is 32.3 Å². The SMILES string of the molecule is CCc1cccc(CC)c1NC(=O)CN(C1CC1)C(C)c1ccccc1Cl. The molecule has 0 bridgehead atoms. The number of nitrogens with one attached hydrogen (secondary N) is 1. The number of para-hydroxylation sites is 1. The van der Waals surface area contributed by atoms with Crippen LogP contribution in [-0.4, -0.2) is 23.4 Å². The number of rotatable bonds is 8. The predicted molar refractivity (Wildman–Crippen MR) is 113 cm³/mol. The largest absolute Gasteiger partial charge is 0.324 e. The summed E-state index contributed by atoms with van der Waals surface area (Å²) in [5, 5.41) is 3.97. The van der Waals surface area contributed by atoms with Gasteiger partial charge in [0.05, 0.1) is 6.54 Å². The molecule has 0 heterocycles. The molecule has 1 fully saturated rings. The first-order valence-electron chi connectivity index (χ1n) is 9.95. The monoisotopic (exact) mass is 384 g/mol. The van der Waals surface area contributed by atoms with Crippen molar-refractivity contribution in [1.29, 1.82) is 0 Å². The molecule has 2 aromatic carbocycles. The summed E-state index contributed by atoms with van der Waals surface area (Å²) >= 11 is 6.41. The Bertz CT molecular complexity index is 778. The normalized spacial score (nSPS) is 15.0. The van der Waals surface area contributed by atoms with E-state index >= 15 is 0 Å². The second-order valence-electron chi connectivity index (χ2n) is 7.31. The van der Waals surface area contributed by atoms with E-state index in [-0.39, 0.29) is 11.9 Å². The molecule has 3 nitrogen and oxygen atoms in total. The zero-order valence-corrected chi connectivity index (χ0v) is 17.2. The molecular formula is C23H29ClN2O. The van der Waals surface area contributed by atoms with E-state index < -0.39 is 0 Å². The van der Waals surface area contributed by atoms with Crippen molar-refractivity contribution in [3.63, 3.8) is 0 Å². The molecule has 3 rings (SSSR count). The fourth-order valence-corrected chi connectivity index (χ4v) is 4.02. The lowest BCUT2D eigenvalue weighted by Gasteiger charge is -2.29. The molecular weight excluding hydrogens is 356 g/mol. The molecule has 1 amide bonds. The Balaban J connectivity index is 1.76. The minimum Gasteiger partial charge on any atom is -0.324 e. The van der Waals surface area contributed by atoms with E-state index in [1.807, 2.05) is 18.2 Å². The molecule has 0 spiro atoms. The van der Waals surface area contributed by atoms with Gasteiger partial charge in [0.2, 0.25) is 5.91 Å². The minimum absolute atomic E-state index is 0.0522. The summed E-state index contributed by atoms with van der Waals surface area (Å²) in [6.07, 6.45) is 4.11. The van der Waals surface area contributed by atoms with Crippen LogP contribution in [0, 0.1) is 0 Å². The third-order valence-electron chi connectivity index (χ3n) is 5.46. The molecule has 1 unspecified atom stereocenters. The maximum Gasteiger partial charge on any atom is 0.238 e. The first-order chi connectivity index (χ1) is 13.0. The molecule has 1 aliphatic rings. The molecule has 4 heteroatoms. The van der Waals surface area contributed by atoms with Crippen LogP contribution in [0.1, 0.15) is 56.3 Å². The smallest absolute Gasteiger partial charge is 0.238 e. The van der Waals surface area contributed by atoms with E-state index in [0.29, 0.717) is 12.6 Å². The Hall–Kier alpha value is -1.84. The van der Waals surface area contributed by atoms with E-state index in [4.69, 9.17) is 11.6 Å². The van der Waals surface area contributed by atoms with Gasteiger partial charge in [0, 0.05) is 22.8 Å². The lowest BCUT2D eigenvalue weighted by atomic mass is 10.0. The second-order valence-corrected chi connectivity index (χ2v) is 7.71. The number of hydrogen-bond donors (Lipinski definition) is 1. The third kappa shape index (κ3) is 4.72. The Kier molecular flexibility index (Phi) is 6.56. The molecule has 1 aliphatic carbocycles. The van der Waals surface area contributed by atoms with Crippen molar-refractivity contribution < 1.29 is 4.79 Å². The van der Waals surface area contributed by atoms with Gasteiger partial charge in [0.1, 0.15) is 0 Å². The number of halogens is 1. The number of amides is 1. The van der Waals surface area contributed by atoms with Crippen molar-refractivity contribution >= 4 is 23.2 Å². The van der Waals surface area contributed by atoms with Crippen molar-refractivity contribution in [2.45, 2.75) is 58.5 Å². The Labute approximate surface area is 167 Å². The van der Waals surface area contributed by atoms with Crippen LogP contribution in [-0.2, 0) is 17.6 Å². The van der Waals surface area contributed by atoms with Gasteiger partial charge in [-0.15, -0.1) is 0 Å². The molecule has 2 aromatic rings.